The molecule has 0 saturated heterocycles. The Bertz CT molecular complexity index is 3410. The van der Waals surface area contributed by atoms with Crippen LogP contribution >= 0.6 is 0 Å². The second kappa shape index (κ2) is 18.8. The van der Waals surface area contributed by atoms with Crippen molar-refractivity contribution >= 4 is 33.2 Å². The fourth-order valence-corrected chi connectivity index (χ4v) is 9.53. The van der Waals surface area contributed by atoms with Crippen LogP contribution in [0.4, 0.5) is 11.4 Å². The summed E-state index contributed by atoms with van der Waals surface area (Å²) in [7, 11) is 0. The van der Waals surface area contributed by atoms with Crippen molar-refractivity contribution in [1.82, 2.24) is 9.55 Å². The van der Waals surface area contributed by atoms with Crippen molar-refractivity contribution in [2.45, 2.75) is 97.8 Å². The van der Waals surface area contributed by atoms with Gasteiger partial charge in [0.1, 0.15) is 5.82 Å². The first-order chi connectivity index (χ1) is 33.3. The monoisotopic (exact) mass is 1110 g/mol. The van der Waals surface area contributed by atoms with E-state index in [1.54, 1.807) is 0 Å². The van der Waals surface area contributed by atoms with Crippen molar-refractivity contribution in [2.24, 2.45) is 0 Å². The number of rotatable bonds is 9. The van der Waals surface area contributed by atoms with E-state index in [1.165, 1.54) is 33.4 Å². The molecule has 0 fully saturated rings. The quantitative estimate of drug-likeness (QED) is 0.135. The molecule has 1 aliphatic heterocycles. The zero-order valence-electron chi connectivity index (χ0n) is 42.8. The van der Waals surface area contributed by atoms with Gasteiger partial charge in [0.15, 0.2) is 0 Å². The summed E-state index contributed by atoms with van der Waals surface area (Å²) in [5.74, 6) is 2.03. The largest absolute Gasteiger partial charge is 0.509 e. The molecule has 71 heavy (non-hydrogen) atoms. The third kappa shape index (κ3) is 9.87. The van der Waals surface area contributed by atoms with Crippen LogP contribution in [-0.4, -0.2) is 9.55 Å². The molecular formula is C65H63N4OPt-3. The van der Waals surface area contributed by atoms with Crippen molar-refractivity contribution in [1.29, 1.82) is 0 Å². The van der Waals surface area contributed by atoms with Crippen LogP contribution in [-0.2, 0) is 42.7 Å². The van der Waals surface area contributed by atoms with Crippen LogP contribution in [0.25, 0.3) is 49.9 Å². The molecule has 9 aromatic rings. The second-order valence-corrected chi connectivity index (χ2v) is 22.4. The molecule has 0 atom stereocenters. The summed E-state index contributed by atoms with van der Waals surface area (Å²) in [6.45, 7) is 27.2. The summed E-state index contributed by atoms with van der Waals surface area (Å²) in [5.41, 5.74) is 14.0. The minimum atomic E-state index is -0.384. The number of fused-ring (bicyclic) bond motifs is 3. The maximum atomic E-state index is 6.96. The van der Waals surface area contributed by atoms with Gasteiger partial charge >= 0.3 is 0 Å². The molecule has 0 spiro atoms. The predicted octanol–water partition coefficient (Wildman–Crippen LogP) is 17.1. The van der Waals surface area contributed by atoms with Gasteiger partial charge in [0.2, 0.25) is 0 Å². The van der Waals surface area contributed by atoms with E-state index in [4.69, 9.17) is 9.72 Å². The van der Waals surface area contributed by atoms with E-state index in [2.05, 4.69) is 273 Å². The van der Waals surface area contributed by atoms with Crippen molar-refractivity contribution in [3.05, 3.63) is 223 Å². The number of allylic oxidation sites excluding steroid dienone is 1. The van der Waals surface area contributed by atoms with E-state index in [1.807, 2.05) is 12.3 Å². The topological polar surface area (TPSA) is 33.5 Å². The molecule has 2 aromatic heterocycles. The molecular weight excluding hydrogens is 1050 g/mol. The van der Waals surface area contributed by atoms with Crippen molar-refractivity contribution < 1.29 is 25.8 Å². The van der Waals surface area contributed by atoms with Gasteiger partial charge in [-0.1, -0.05) is 191 Å². The fourth-order valence-electron chi connectivity index (χ4n) is 9.53. The molecule has 3 heterocycles. The van der Waals surface area contributed by atoms with Gasteiger partial charge in [-0.15, -0.1) is 53.6 Å². The average molecular weight is 1110 g/mol. The molecule has 1 aliphatic rings. The number of benzene rings is 7. The van der Waals surface area contributed by atoms with Crippen molar-refractivity contribution in [3.8, 4) is 39.6 Å². The standard InChI is InChI=1S/C65H63N4O.Pt/c1-62(2,3)49-27-30-58-57(38-49)56-29-28-54(41-59(56)69(58)61-39-50(31-32-66-61)63(4,5)6)70-55-36-47(45-23-17-13-18-24-45)34-52(40-55)67-42-60(65(10,11)48-25-19-14-20-26-48)68(43-67)53-35-46(44-21-15-12-16-22-44)33-51(37-53)64(7,8)9;/h12-39,42-43H,1-11H3;/q-3;. The molecule has 0 unspecified atom stereocenters. The van der Waals surface area contributed by atoms with Crippen molar-refractivity contribution in [3.63, 3.8) is 0 Å². The second-order valence-electron chi connectivity index (χ2n) is 22.4. The molecule has 6 heteroatoms. The maximum Gasteiger partial charge on any atom is 0.135 e. The smallest absolute Gasteiger partial charge is 0.135 e. The van der Waals surface area contributed by atoms with E-state index < -0.39 is 0 Å². The van der Waals surface area contributed by atoms with Gasteiger partial charge in [-0.25, -0.2) is 4.98 Å². The summed E-state index contributed by atoms with van der Waals surface area (Å²) in [6, 6.07) is 66.1. The fraction of sp³-hybridized carbons (Fsp3) is 0.231. The molecule has 0 amide bonds. The summed E-state index contributed by atoms with van der Waals surface area (Å²) >= 11 is 0. The Balaban J connectivity index is 0.00000624. The molecule has 0 bridgehead atoms. The molecule has 7 aromatic carbocycles. The summed E-state index contributed by atoms with van der Waals surface area (Å²) in [6.07, 6.45) is 4.19. The molecule has 0 aliphatic carbocycles. The van der Waals surface area contributed by atoms with Gasteiger partial charge < -0.3 is 19.1 Å². The zero-order chi connectivity index (χ0) is 49.2. The van der Waals surface area contributed by atoms with E-state index in [0.29, 0.717) is 11.5 Å². The van der Waals surface area contributed by atoms with Crippen LogP contribution in [0.1, 0.15) is 98.4 Å². The molecule has 10 rings (SSSR count). The van der Waals surface area contributed by atoms with Crippen molar-refractivity contribution in [2.75, 3.05) is 9.80 Å². The first kappa shape index (κ1) is 49.3. The van der Waals surface area contributed by atoms with Crippen LogP contribution in [0.3, 0.4) is 0 Å². The third-order valence-electron chi connectivity index (χ3n) is 13.9. The minimum absolute atomic E-state index is 0. The molecule has 0 radical (unpaired) electrons. The first-order valence-corrected chi connectivity index (χ1v) is 24.5. The SMILES string of the molecule is CC(C)(C)c1cc(-c2ccccc2)cc(N2[CH-]N(c3[c-]c(Oc4[c-]c5c(cc4)c4cc(C(C)(C)C)ccc4n5-c4cc(C(C)(C)C)ccn4)cc(-c4ccccc4)c3)C=C2C(C)(C)c2ccccc2)c1.[Pt]. The van der Waals surface area contributed by atoms with Gasteiger partial charge in [0, 0.05) is 61.1 Å². The zero-order valence-corrected chi connectivity index (χ0v) is 45.1. The number of aromatic nitrogens is 2. The number of pyridine rings is 1. The van der Waals surface area contributed by atoms with Gasteiger partial charge in [-0.2, -0.15) is 6.07 Å². The van der Waals surface area contributed by atoms with E-state index >= 15 is 0 Å². The molecule has 5 nitrogen and oxygen atoms in total. The van der Waals surface area contributed by atoms with E-state index in [9.17, 15) is 0 Å². The van der Waals surface area contributed by atoms with E-state index in [-0.39, 0.29) is 42.7 Å². The summed E-state index contributed by atoms with van der Waals surface area (Å²) < 4.78 is 9.20. The third-order valence-corrected chi connectivity index (χ3v) is 13.9. The van der Waals surface area contributed by atoms with Gasteiger partial charge in [0.25, 0.3) is 0 Å². The number of hydrogen-bond donors (Lipinski definition) is 0. The van der Waals surface area contributed by atoms with Gasteiger partial charge in [-0.3, -0.25) is 0 Å². The Hall–Kier alpha value is -6.68. The Morgan fingerprint density at radius 1 is 0.493 bits per heavy atom. The normalized spacial score (nSPS) is 13.4. The molecule has 362 valence electrons. The van der Waals surface area contributed by atoms with Crippen LogP contribution in [0, 0.1) is 18.8 Å². The van der Waals surface area contributed by atoms with E-state index in [0.717, 1.165) is 55.8 Å². The Morgan fingerprint density at radius 3 is 1.73 bits per heavy atom. The summed E-state index contributed by atoms with van der Waals surface area (Å²) in [5, 5.41) is 2.25. The van der Waals surface area contributed by atoms with Crippen LogP contribution in [0.15, 0.2) is 182 Å². The molecule has 0 saturated carbocycles. The molecule has 0 N–H and O–H groups in total. The summed E-state index contributed by atoms with van der Waals surface area (Å²) in [4.78, 5) is 9.54. The van der Waals surface area contributed by atoms with Gasteiger partial charge in [-0.05, 0) is 97.1 Å². The Labute approximate surface area is 436 Å². The van der Waals surface area contributed by atoms with Crippen LogP contribution < -0.4 is 14.5 Å². The minimum Gasteiger partial charge on any atom is -0.509 e. The average Bonchev–Trinajstić information content (AvgIpc) is 3.95. The number of anilines is 2. The Morgan fingerprint density at radius 2 is 1.10 bits per heavy atom. The number of hydrogen-bond acceptors (Lipinski definition) is 4. The van der Waals surface area contributed by atoms with Crippen LogP contribution in [0.5, 0.6) is 11.5 Å². The number of nitrogens with zero attached hydrogens (tertiary/aromatic N) is 4. The maximum absolute atomic E-state index is 6.96. The first-order valence-electron chi connectivity index (χ1n) is 24.5. The predicted molar refractivity (Wildman–Crippen MR) is 293 cm³/mol. The Kier molecular flexibility index (Phi) is 13.1. The van der Waals surface area contributed by atoms with Gasteiger partial charge in [0.05, 0.1) is 0 Å². The van der Waals surface area contributed by atoms with Crippen LogP contribution in [0.2, 0.25) is 0 Å². The number of ether oxygens (including phenoxy) is 1.